The van der Waals surface area contributed by atoms with Gasteiger partial charge >= 0.3 is 0 Å². The second-order valence-electron chi connectivity index (χ2n) is 14.1. The van der Waals surface area contributed by atoms with Gasteiger partial charge in [-0.3, -0.25) is 9.36 Å². The molecule has 0 spiro atoms. The number of amides is 1. The highest BCUT2D eigenvalue weighted by Crippen LogP contribution is 2.38. The zero-order chi connectivity index (χ0) is 35.2. The molecule has 0 aliphatic rings. The van der Waals surface area contributed by atoms with Gasteiger partial charge in [-0.05, 0) is 51.4 Å². The van der Waals surface area contributed by atoms with Crippen LogP contribution in [0.2, 0.25) is 0 Å². The number of aliphatic hydroxyl groups excluding tert-OH is 2. The topological polar surface area (TPSA) is 128 Å². The summed E-state index contributed by atoms with van der Waals surface area (Å²) >= 11 is 0. The smallest absolute Gasteiger partial charge is 0.268 e. The highest BCUT2D eigenvalue weighted by Gasteiger charge is 2.29. The zero-order valence-corrected chi connectivity index (χ0v) is 31.7. The van der Waals surface area contributed by atoms with Crippen molar-refractivity contribution in [2.75, 3.05) is 40.9 Å². The number of aliphatic hydroxyl groups is 2. The summed E-state index contributed by atoms with van der Waals surface area (Å²) in [5, 5.41) is 24.4. The van der Waals surface area contributed by atoms with Crippen molar-refractivity contribution < 1.29 is 38.0 Å². The number of carbonyl (C=O) groups excluding carboxylic acids is 1. The van der Waals surface area contributed by atoms with E-state index in [0.29, 0.717) is 30.3 Å². The van der Waals surface area contributed by atoms with Crippen LogP contribution >= 0.6 is 7.82 Å². The molecule has 278 valence electrons. The molecular formula is C37H73N2O7P. The van der Waals surface area contributed by atoms with Crippen LogP contribution in [0.4, 0.5) is 0 Å². The number of quaternary nitrogens is 1. The molecule has 9 nitrogen and oxygen atoms in total. The van der Waals surface area contributed by atoms with E-state index in [1.807, 2.05) is 21.1 Å². The van der Waals surface area contributed by atoms with Gasteiger partial charge in [0.25, 0.3) is 7.82 Å². The van der Waals surface area contributed by atoms with E-state index in [1.165, 1.54) is 64.2 Å². The fraction of sp³-hybridized carbons (Fsp3) is 0.865. The molecule has 0 fully saturated rings. The first-order valence-corrected chi connectivity index (χ1v) is 20.2. The second kappa shape index (κ2) is 29.8. The molecule has 0 rings (SSSR count). The summed E-state index contributed by atoms with van der Waals surface area (Å²) in [6.07, 6.45) is 27.9. The predicted molar refractivity (Wildman–Crippen MR) is 193 cm³/mol. The third-order valence-corrected chi connectivity index (χ3v) is 9.23. The number of phosphoric ester groups is 1. The van der Waals surface area contributed by atoms with Gasteiger partial charge in [-0.2, -0.15) is 0 Å². The maximum atomic E-state index is 12.8. The van der Waals surface area contributed by atoms with Crippen LogP contribution in [0.3, 0.4) is 0 Å². The first-order valence-electron chi connectivity index (χ1n) is 18.8. The number of rotatable bonds is 33. The van der Waals surface area contributed by atoms with Gasteiger partial charge in [0.2, 0.25) is 5.91 Å². The third kappa shape index (κ3) is 30.7. The molecule has 0 heterocycles. The maximum Gasteiger partial charge on any atom is 0.268 e. The lowest BCUT2D eigenvalue weighted by Gasteiger charge is -2.31. The van der Waals surface area contributed by atoms with Crippen molar-refractivity contribution in [2.45, 2.75) is 167 Å². The van der Waals surface area contributed by atoms with E-state index in [4.69, 9.17) is 9.05 Å². The third-order valence-electron chi connectivity index (χ3n) is 8.26. The Hall–Kier alpha value is -1.06. The minimum atomic E-state index is -4.66. The van der Waals surface area contributed by atoms with Crippen molar-refractivity contribution in [2.24, 2.45) is 0 Å². The lowest BCUT2D eigenvalue weighted by Crippen LogP contribution is -2.51. The van der Waals surface area contributed by atoms with Gasteiger partial charge in [-0.1, -0.05) is 115 Å². The van der Waals surface area contributed by atoms with Crippen molar-refractivity contribution in [1.82, 2.24) is 5.32 Å². The molecule has 0 saturated carbocycles. The molecule has 0 aliphatic carbocycles. The lowest BCUT2D eigenvalue weighted by molar-refractivity contribution is -0.870. The summed E-state index contributed by atoms with van der Waals surface area (Å²) in [5.41, 5.74) is 0. The maximum absolute atomic E-state index is 12.8. The van der Waals surface area contributed by atoms with Gasteiger partial charge in [-0.25, -0.2) is 0 Å². The Morgan fingerprint density at radius 1 is 0.745 bits per heavy atom. The molecule has 47 heavy (non-hydrogen) atoms. The van der Waals surface area contributed by atoms with E-state index in [-0.39, 0.29) is 18.9 Å². The average molecular weight is 689 g/mol. The van der Waals surface area contributed by atoms with Crippen molar-refractivity contribution >= 4 is 13.7 Å². The fourth-order valence-corrected chi connectivity index (χ4v) is 5.87. The van der Waals surface area contributed by atoms with E-state index >= 15 is 0 Å². The van der Waals surface area contributed by atoms with Gasteiger partial charge < -0.3 is 34.0 Å². The SMILES string of the molecule is CCCCC/C=C/CC/C=C/CCCC(O)C(O)C(COP(=O)([O-])OCC[N+](C)(C)C)NC(=O)CCCCCCCCCCCCC. The first-order chi connectivity index (χ1) is 22.4. The normalized spacial score (nSPS) is 15.7. The van der Waals surface area contributed by atoms with Crippen molar-refractivity contribution in [3.8, 4) is 0 Å². The van der Waals surface area contributed by atoms with Gasteiger partial charge in [0.15, 0.2) is 0 Å². The Bertz CT molecular complexity index is 847. The highest BCUT2D eigenvalue weighted by molar-refractivity contribution is 7.45. The van der Waals surface area contributed by atoms with Crippen molar-refractivity contribution in [3.05, 3.63) is 24.3 Å². The number of nitrogens with one attached hydrogen (secondary N) is 1. The van der Waals surface area contributed by atoms with Crippen LogP contribution in [-0.2, 0) is 18.4 Å². The molecule has 0 aromatic rings. The van der Waals surface area contributed by atoms with Gasteiger partial charge in [0.1, 0.15) is 19.3 Å². The van der Waals surface area contributed by atoms with E-state index in [1.54, 1.807) is 0 Å². The number of carbonyl (C=O) groups is 1. The number of allylic oxidation sites excluding steroid dienone is 4. The lowest BCUT2D eigenvalue weighted by atomic mass is 10.0. The zero-order valence-electron chi connectivity index (χ0n) is 30.8. The van der Waals surface area contributed by atoms with Gasteiger partial charge in [0, 0.05) is 6.42 Å². The largest absolute Gasteiger partial charge is 0.756 e. The van der Waals surface area contributed by atoms with Crippen LogP contribution in [0.25, 0.3) is 0 Å². The second-order valence-corrected chi connectivity index (χ2v) is 15.5. The van der Waals surface area contributed by atoms with Crippen LogP contribution in [0.15, 0.2) is 24.3 Å². The molecule has 0 aromatic heterocycles. The van der Waals surface area contributed by atoms with Crippen LogP contribution < -0.4 is 10.2 Å². The summed E-state index contributed by atoms with van der Waals surface area (Å²) in [6.45, 7) is 4.33. The first kappa shape index (κ1) is 45.9. The molecular weight excluding hydrogens is 615 g/mol. The average Bonchev–Trinajstić information content (AvgIpc) is 3.01. The summed E-state index contributed by atoms with van der Waals surface area (Å²) in [5.74, 6) is -0.296. The van der Waals surface area contributed by atoms with Crippen molar-refractivity contribution in [3.63, 3.8) is 0 Å². The van der Waals surface area contributed by atoms with E-state index in [0.717, 1.165) is 44.9 Å². The molecule has 3 N–H and O–H groups in total. The number of nitrogens with zero attached hydrogens (tertiary/aromatic N) is 1. The molecule has 0 saturated heterocycles. The minimum absolute atomic E-state index is 0.0475. The molecule has 4 atom stereocenters. The highest BCUT2D eigenvalue weighted by atomic mass is 31.2. The summed E-state index contributed by atoms with van der Waals surface area (Å²) in [4.78, 5) is 25.2. The van der Waals surface area contributed by atoms with Gasteiger partial charge in [-0.15, -0.1) is 0 Å². The number of hydrogen-bond acceptors (Lipinski definition) is 7. The van der Waals surface area contributed by atoms with Crippen LogP contribution in [-0.4, -0.2) is 79.8 Å². The van der Waals surface area contributed by atoms with E-state index < -0.39 is 32.7 Å². The standard InChI is InChI=1S/C37H73N2O7P/c1-6-8-10-12-14-16-18-20-21-23-25-27-29-35(40)37(42)34(33-46-47(43,44)45-32-31-39(3,4)5)38-36(41)30-28-26-24-22-19-17-15-13-11-9-7-2/h14,16,21,23,34-35,37,40,42H,6-13,15,17-20,22,24-33H2,1-5H3,(H-,38,41,43,44)/b16-14+,23-21+. The quantitative estimate of drug-likeness (QED) is 0.0279. The Morgan fingerprint density at radius 2 is 1.23 bits per heavy atom. The number of likely N-dealkylation sites (N-methyl/N-ethyl adjacent to an activating group) is 1. The predicted octanol–water partition coefficient (Wildman–Crippen LogP) is 7.75. The van der Waals surface area contributed by atoms with Crippen LogP contribution in [0, 0.1) is 0 Å². The Labute approximate surface area is 288 Å². The van der Waals surface area contributed by atoms with Crippen molar-refractivity contribution in [1.29, 1.82) is 0 Å². The van der Waals surface area contributed by atoms with Gasteiger partial charge in [0.05, 0.1) is 39.9 Å². The summed E-state index contributed by atoms with van der Waals surface area (Å²) in [7, 11) is 1.10. The molecule has 4 unspecified atom stereocenters. The molecule has 0 aromatic carbocycles. The van der Waals surface area contributed by atoms with Crippen LogP contribution in [0.1, 0.15) is 149 Å². The summed E-state index contributed by atoms with van der Waals surface area (Å²) in [6, 6.07) is -1.09. The number of hydrogen-bond donors (Lipinski definition) is 3. The fourth-order valence-electron chi connectivity index (χ4n) is 5.15. The van der Waals surface area contributed by atoms with E-state index in [9.17, 15) is 24.5 Å². The molecule has 10 heteroatoms. The molecule has 0 radical (unpaired) electrons. The Morgan fingerprint density at radius 3 is 1.79 bits per heavy atom. The number of unbranched alkanes of at least 4 members (excludes halogenated alkanes) is 15. The minimum Gasteiger partial charge on any atom is -0.756 e. The summed E-state index contributed by atoms with van der Waals surface area (Å²) < 4.78 is 23.0. The molecule has 0 aliphatic heterocycles. The Kier molecular flexibility index (Phi) is 29.1. The number of phosphoric acid groups is 1. The monoisotopic (exact) mass is 689 g/mol. The Balaban J connectivity index is 4.72. The van der Waals surface area contributed by atoms with E-state index in [2.05, 4.69) is 43.5 Å². The molecule has 0 bridgehead atoms. The van der Waals surface area contributed by atoms with Crippen LogP contribution in [0.5, 0.6) is 0 Å². The molecule has 1 amide bonds.